The molecule has 0 spiro atoms. The molecule has 0 saturated heterocycles. The number of benzene rings is 1. The van der Waals surface area contributed by atoms with E-state index in [2.05, 4.69) is 5.32 Å². The second-order valence-electron chi connectivity index (χ2n) is 2.35. The molecular weight excluding hydrogens is 170 g/mol. The molecule has 0 aliphatic carbocycles. The van der Waals surface area contributed by atoms with Crippen LogP contribution in [0.1, 0.15) is 0 Å². The van der Waals surface area contributed by atoms with Crippen molar-refractivity contribution in [1.82, 2.24) is 5.32 Å². The molecule has 0 bridgehead atoms. The molecule has 0 aromatic heterocycles. The first-order valence-electron chi connectivity index (χ1n) is 3.94. The number of hydrogen-bond donors (Lipinski definition) is 2. The van der Waals surface area contributed by atoms with Crippen molar-refractivity contribution in [3.63, 3.8) is 0 Å². The fourth-order valence-electron chi connectivity index (χ4n) is 0.790. The van der Waals surface area contributed by atoms with E-state index in [1.807, 2.05) is 6.07 Å². The lowest BCUT2D eigenvalue weighted by molar-refractivity contribution is 0.195. The van der Waals surface area contributed by atoms with Crippen LogP contribution in [0.2, 0.25) is 0 Å². The van der Waals surface area contributed by atoms with Gasteiger partial charge >= 0.3 is 6.09 Å². The molecule has 1 amide bonds. The highest BCUT2D eigenvalue weighted by Crippen LogP contribution is 2.07. The Morgan fingerprint density at radius 2 is 2.08 bits per heavy atom. The van der Waals surface area contributed by atoms with E-state index in [1.54, 1.807) is 24.3 Å². The first-order valence-corrected chi connectivity index (χ1v) is 3.94. The number of amides is 1. The van der Waals surface area contributed by atoms with Gasteiger partial charge in [-0.2, -0.15) is 0 Å². The van der Waals surface area contributed by atoms with Gasteiger partial charge in [0.1, 0.15) is 5.75 Å². The normalized spacial score (nSPS) is 9.31. The summed E-state index contributed by atoms with van der Waals surface area (Å²) >= 11 is 0. The van der Waals surface area contributed by atoms with E-state index in [-0.39, 0.29) is 13.2 Å². The van der Waals surface area contributed by atoms with Gasteiger partial charge in [0.05, 0.1) is 6.61 Å². The summed E-state index contributed by atoms with van der Waals surface area (Å²) in [5, 5.41) is 10.8. The number of ether oxygens (including phenoxy) is 1. The Morgan fingerprint density at radius 3 is 2.69 bits per heavy atom. The standard InChI is InChI=1S/C9H11NO3/c11-7-6-10-9(12)13-8-4-2-1-3-5-8/h1-5,11H,6-7H2,(H,10,12). The Bertz CT molecular complexity index is 261. The number of aliphatic hydroxyl groups is 1. The van der Waals surface area contributed by atoms with Crippen LogP contribution in [-0.2, 0) is 0 Å². The van der Waals surface area contributed by atoms with Crippen LogP contribution in [0.5, 0.6) is 5.75 Å². The van der Waals surface area contributed by atoms with E-state index in [0.29, 0.717) is 5.75 Å². The third kappa shape index (κ3) is 3.57. The van der Waals surface area contributed by atoms with Gasteiger partial charge in [0.15, 0.2) is 0 Å². The summed E-state index contributed by atoms with van der Waals surface area (Å²) in [5.74, 6) is 0.484. The molecule has 0 fully saturated rings. The second-order valence-corrected chi connectivity index (χ2v) is 2.35. The molecule has 1 aromatic carbocycles. The van der Waals surface area contributed by atoms with Crippen molar-refractivity contribution in [2.24, 2.45) is 0 Å². The van der Waals surface area contributed by atoms with E-state index in [9.17, 15) is 4.79 Å². The summed E-state index contributed by atoms with van der Waals surface area (Å²) < 4.78 is 4.86. The van der Waals surface area contributed by atoms with E-state index in [0.717, 1.165) is 0 Å². The zero-order chi connectivity index (χ0) is 9.52. The smallest absolute Gasteiger partial charge is 0.410 e. The summed E-state index contributed by atoms with van der Waals surface area (Å²) in [7, 11) is 0. The number of para-hydroxylation sites is 1. The Balaban J connectivity index is 2.37. The predicted molar refractivity (Wildman–Crippen MR) is 47.6 cm³/mol. The number of hydrogen-bond acceptors (Lipinski definition) is 3. The topological polar surface area (TPSA) is 58.6 Å². The van der Waals surface area contributed by atoms with Gasteiger partial charge < -0.3 is 15.2 Å². The maximum Gasteiger partial charge on any atom is 0.412 e. The zero-order valence-corrected chi connectivity index (χ0v) is 7.06. The highest BCUT2D eigenvalue weighted by atomic mass is 16.6. The van der Waals surface area contributed by atoms with Crippen molar-refractivity contribution in [3.8, 4) is 5.75 Å². The van der Waals surface area contributed by atoms with Crippen LogP contribution in [0.25, 0.3) is 0 Å². The first kappa shape index (κ1) is 9.54. The van der Waals surface area contributed by atoms with Gasteiger partial charge in [-0.15, -0.1) is 0 Å². The largest absolute Gasteiger partial charge is 0.412 e. The predicted octanol–water partition coefficient (Wildman–Crippen LogP) is 0.767. The lowest BCUT2D eigenvalue weighted by atomic mass is 10.3. The molecule has 1 aromatic rings. The van der Waals surface area contributed by atoms with Gasteiger partial charge in [-0.25, -0.2) is 4.79 Å². The number of aliphatic hydroxyl groups excluding tert-OH is 1. The van der Waals surface area contributed by atoms with Crippen molar-refractivity contribution in [3.05, 3.63) is 30.3 Å². The van der Waals surface area contributed by atoms with Gasteiger partial charge in [-0.1, -0.05) is 18.2 Å². The number of carbonyl (C=O) groups excluding carboxylic acids is 1. The van der Waals surface area contributed by atoms with Crippen molar-refractivity contribution >= 4 is 6.09 Å². The quantitative estimate of drug-likeness (QED) is 0.724. The van der Waals surface area contributed by atoms with Crippen LogP contribution >= 0.6 is 0 Å². The number of carbonyl (C=O) groups is 1. The van der Waals surface area contributed by atoms with Gasteiger partial charge in [0.25, 0.3) is 0 Å². The lowest BCUT2D eigenvalue weighted by Gasteiger charge is -2.04. The van der Waals surface area contributed by atoms with Crippen LogP contribution in [0.15, 0.2) is 30.3 Å². The Hall–Kier alpha value is -1.55. The minimum atomic E-state index is -0.555. The van der Waals surface area contributed by atoms with E-state index < -0.39 is 6.09 Å². The van der Waals surface area contributed by atoms with Crippen molar-refractivity contribution < 1.29 is 14.6 Å². The minimum Gasteiger partial charge on any atom is -0.410 e. The molecule has 1 rings (SSSR count). The molecule has 0 heterocycles. The van der Waals surface area contributed by atoms with Gasteiger partial charge in [0.2, 0.25) is 0 Å². The molecule has 4 heteroatoms. The van der Waals surface area contributed by atoms with Gasteiger partial charge in [-0.05, 0) is 12.1 Å². The Labute approximate surface area is 76.1 Å². The third-order valence-electron chi connectivity index (χ3n) is 1.33. The summed E-state index contributed by atoms with van der Waals surface area (Å²) in [6.45, 7) is 0.107. The fraction of sp³-hybridized carbons (Fsp3) is 0.222. The second kappa shape index (κ2) is 5.16. The highest BCUT2D eigenvalue weighted by Gasteiger charge is 2.00. The maximum atomic E-state index is 10.9. The molecule has 0 atom stereocenters. The molecule has 70 valence electrons. The van der Waals surface area contributed by atoms with Crippen LogP contribution in [-0.4, -0.2) is 24.4 Å². The van der Waals surface area contributed by atoms with Crippen LogP contribution in [0.4, 0.5) is 4.79 Å². The van der Waals surface area contributed by atoms with Crippen LogP contribution < -0.4 is 10.1 Å². The average molecular weight is 181 g/mol. The van der Waals surface area contributed by atoms with E-state index in [1.165, 1.54) is 0 Å². The van der Waals surface area contributed by atoms with Gasteiger partial charge in [-0.3, -0.25) is 0 Å². The minimum absolute atomic E-state index is 0.0934. The summed E-state index contributed by atoms with van der Waals surface area (Å²) in [6, 6.07) is 8.73. The molecule has 0 unspecified atom stereocenters. The zero-order valence-electron chi connectivity index (χ0n) is 7.06. The van der Waals surface area contributed by atoms with Crippen molar-refractivity contribution in [2.75, 3.05) is 13.2 Å². The van der Waals surface area contributed by atoms with Crippen molar-refractivity contribution in [2.45, 2.75) is 0 Å². The van der Waals surface area contributed by atoms with Crippen LogP contribution in [0, 0.1) is 0 Å². The summed E-state index contributed by atoms with van der Waals surface area (Å²) in [6.07, 6.45) is -0.555. The molecule has 0 aliphatic heterocycles. The highest BCUT2D eigenvalue weighted by molar-refractivity contribution is 5.70. The Morgan fingerprint density at radius 1 is 1.38 bits per heavy atom. The molecule has 4 nitrogen and oxygen atoms in total. The maximum absolute atomic E-state index is 10.9. The lowest BCUT2D eigenvalue weighted by Crippen LogP contribution is -2.29. The number of nitrogens with one attached hydrogen (secondary N) is 1. The SMILES string of the molecule is O=C(NCCO)Oc1ccccc1. The van der Waals surface area contributed by atoms with Crippen molar-refractivity contribution in [1.29, 1.82) is 0 Å². The first-order chi connectivity index (χ1) is 6.33. The fourth-order valence-corrected chi connectivity index (χ4v) is 0.790. The summed E-state index contributed by atoms with van der Waals surface area (Å²) in [5.41, 5.74) is 0. The monoisotopic (exact) mass is 181 g/mol. The molecular formula is C9H11NO3. The molecule has 0 saturated carbocycles. The molecule has 13 heavy (non-hydrogen) atoms. The Kier molecular flexibility index (Phi) is 3.78. The number of rotatable bonds is 3. The molecule has 0 aliphatic rings. The molecule has 0 radical (unpaired) electrons. The van der Waals surface area contributed by atoms with E-state index >= 15 is 0 Å². The van der Waals surface area contributed by atoms with Crippen LogP contribution in [0.3, 0.4) is 0 Å². The third-order valence-corrected chi connectivity index (χ3v) is 1.33. The average Bonchev–Trinajstić information content (AvgIpc) is 2.16. The summed E-state index contributed by atoms with van der Waals surface area (Å²) in [4.78, 5) is 10.9. The van der Waals surface area contributed by atoms with Gasteiger partial charge in [0, 0.05) is 6.54 Å². The van der Waals surface area contributed by atoms with E-state index in [4.69, 9.17) is 9.84 Å². The molecule has 2 N–H and O–H groups in total.